The van der Waals surface area contributed by atoms with Gasteiger partial charge in [0, 0.05) is 12.8 Å². The Bertz CT molecular complexity index is 526. The minimum Gasteiger partial charge on any atom is -0.491 e. The predicted molar refractivity (Wildman–Crippen MR) is 115 cm³/mol. The van der Waals surface area contributed by atoms with Crippen LogP contribution in [0.15, 0.2) is 24.5 Å². The molecule has 0 spiro atoms. The number of hydrogen-bond donors (Lipinski definition) is 4. The van der Waals surface area contributed by atoms with Crippen LogP contribution in [-0.4, -0.2) is 50.8 Å². The zero-order valence-electron chi connectivity index (χ0n) is 19.0. The number of allylic oxidation sites excluding steroid dienone is 1. The van der Waals surface area contributed by atoms with Crippen LogP contribution in [0.4, 0.5) is 0 Å². The fourth-order valence-electron chi connectivity index (χ4n) is 2.75. The lowest BCUT2D eigenvalue weighted by Crippen LogP contribution is -2.26. The SMILES string of the molecule is C=C1C[C@H](O)C[C@@H](/C=C/C(C)(C)C)O1.CC(C)(C)CC[C@@H](O)C[C@@H](O)CC(=O)O. The molecular weight excluding hydrogens is 372 g/mol. The average molecular weight is 415 g/mol. The van der Waals surface area contributed by atoms with E-state index in [1.54, 1.807) is 0 Å². The molecule has 1 aliphatic heterocycles. The second kappa shape index (κ2) is 12.4. The molecule has 1 aliphatic rings. The van der Waals surface area contributed by atoms with Crippen molar-refractivity contribution in [3.05, 3.63) is 24.5 Å². The van der Waals surface area contributed by atoms with E-state index in [-0.39, 0.29) is 35.9 Å². The summed E-state index contributed by atoms with van der Waals surface area (Å²) >= 11 is 0. The van der Waals surface area contributed by atoms with Crippen molar-refractivity contribution in [1.82, 2.24) is 0 Å². The highest BCUT2D eigenvalue weighted by atomic mass is 16.5. The van der Waals surface area contributed by atoms with Gasteiger partial charge in [-0.05, 0) is 36.2 Å². The maximum Gasteiger partial charge on any atom is 0.305 e. The lowest BCUT2D eigenvalue weighted by Gasteiger charge is -2.27. The first kappa shape index (κ1) is 27.6. The molecule has 170 valence electrons. The van der Waals surface area contributed by atoms with Crippen LogP contribution in [0.2, 0.25) is 0 Å². The highest BCUT2D eigenvalue weighted by molar-refractivity contribution is 5.67. The highest BCUT2D eigenvalue weighted by Gasteiger charge is 2.22. The molecule has 4 N–H and O–H groups in total. The Hall–Kier alpha value is -1.37. The summed E-state index contributed by atoms with van der Waals surface area (Å²) in [5.74, 6) is -0.349. The van der Waals surface area contributed by atoms with Crippen molar-refractivity contribution >= 4 is 5.97 Å². The summed E-state index contributed by atoms with van der Waals surface area (Å²) < 4.78 is 5.51. The van der Waals surface area contributed by atoms with Crippen molar-refractivity contribution in [3.63, 3.8) is 0 Å². The highest BCUT2D eigenvalue weighted by Crippen LogP contribution is 2.24. The van der Waals surface area contributed by atoms with Crippen molar-refractivity contribution in [2.45, 2.75) is 104 Å². The molecule has 29 heavy (non-hydrogen) atoms. The number of carbonyl (C=O) groups is 1. The van der Waals surface area contributed by atoms with Crippen LogP contribution in [0.25, 0.3) is 0 Å². The molecule has 0 aromatic heterocycles. The first-order valence-electron chi connectivity index (χ1n) is 10.4. The Morgan fingerprint density at radius 2 is 1.79 bits per heavy atom. The fraction of sp³-hybridized carbons (Fsp3) is 0.783. The summed E-state index contributed by atoms with van der Waals surface area (Å²) in [6.07, 6.45) is 4.80. The van der Waals surface area contributed by atoms with Gasteiger partial charge in [0.1, 0.15) is 6.10 Å². The summed E-state index contributed by atoms with van der Waals surface area (Å²) in [5, 5.41) is 36.7. The number of hydrogen-bond acceptors (Lipinski definition) is 5. The predicted octanol–water partition coefficient (Wildman–Crippen LogP) is 4.04. The average Bonchev–Trinajstić information content (AvgIpc) is 2.48. The Kier molecular flexibility index (Phi) is 11.8. The number of aliphatic hydroxyl groups is 3. The zero-order chi connectivity index (χ0) is 22.8. The summed E-state index contributed by atoms with van der Waals surface area (Å²) in [5.41, 5.74) is 0.311. The summed E-state index contributed by atoms with van der Waals surface area (Å²) in [7, 11) is 0. The van der Waals surface area contributed by atoms with Crippen molar-refractivity contribution in [2.24, 2.45) is 10.8 Å². The van der Waals surface area contributed by atoms with Crippen molar-refractivity contribution in [3.8, 4) is 0 Å². The maximum absolute atomic E-state index is 10.3. The van der Waals surface area contributed by atoms with E-state index >= 15 is 0 Å². The van der Waals surface area contributed by atoms with Gasteiger partial charge in [-0.1, -0.05) is 54.2 Å². The molecule has 0 bridgehead atoms. The van der Waals surface area contributed by atoms with Gasteiger partial charge in [-0.25, -0.2) is 0 Å². The number of aliphatic hydroxyl groups excluding tert-OH is 3. The van der Waals surface area contributed by atoms with E-state index in [9.17, 15) is 20.1 Å². The van der Waals surface area contributed by atoms with Gasteiger partial charge in [0.15, 0.2) is 0 Å². The summed E-state index contributed by atoms with van der Waals surface area (Å²) in [4.78, 5) is 10.3. The van der Waals surface area contributed by atoms with E-state index in [0.29, 0.717) is 25.0 Å². The van der Waals surface area contributed by atoms with Gasteiger partial charge in [-0.15, -0.1) is 0 Å². The zero-order valence-corrected chi connectivity index (χ0v) is 19.0. The van der Waals surface area contributed by atoms with E-state index < -0.39 is 18.2 Å². The molecule has 1 saturated heterocycles. The molecule has 4 atom stereocenters. The Morgan fingerprint density at radius 3 is 2.24 bits per heavy atom. The number of ether oxygens (including phenoxy) is 1. The van der Waals surface area contributed by atoms with Crippen molar-refractivity contribution < 1.29 is 30.0 Å². The minimum atomic E-state index is -1.04. The summed E-state index contributed by atoms with van der Waals surface area (Å²) in [6.45, 7) is 16.4. The number of aliphatic carboxylic acids is 1. The molecule has 0 amide bonds. The smallest absolute Gasteiger partial charge is 0.305 e. The monoisotopic (exact) mass is 414 g/mol. The molecule has 0 aromatic carbocycles. The third-order valence-corrected chi connectivity index (χ3v) is 4.28. The number of carboxylic acids is 1. The van der Waals surface area contributed by atoms with Gasteiger partial charge in [0.25, 0.3) is 0 Å². The van der Waals surface area contributed by atoms with Gasteiger partial charge in [0.05, 0.1) is 30.5 Å². The maximum atomic E-state index is 10.3. The van der Waals surface area contributed by atoms with Crippen LogP contribution in [0.5, 0.6) is 0 Å². The topological polar surface area (TPSA) is 107 Å². The van der Waals surface area contributed by atoms with E-state index in [1.807, 2.05) is 6.08 Å². The Balaban J connectivity index is 0.000000541. The van der Waals surface area contributed by atoms with E-state index in [0.717, 1.165) is 6.42 Å². The fourth-order valence-corrected chi connectivity index (χ4v) is 2.75. The lowest BCUT2D eigenvalue weighted by atomic mass is 9.88. The molecule has 0 aliphatic carbocycles. The largest absolute Gasteiger partial charge is 0.491 e. The Labute approximate surface area is 176 Å². The third-order valence-electron chi connectivity index (χ3n) is 4.28. The molecule has 1 heterocycles. The summed E-state index contributed by atoms with van der Waals surface area (Å²) in [6, 6.07) is 0. The lowest BCUT2D eigenvalue weighted by molar-refractivity contribution is -0.139. The van der Waals surface area contributed by atoms with Crippen LogP contribution < -0.4 is 0 Å². The molecule has 1 fully saturated rings. The molecule has 0 aromatic rings. The normalized spacial score (nSPS) is 22.4. The second-order valence-corrected chi connectivity index (χ2v) is 10.3. The Morgan fingerprint density at radius 1 is 1.21 bits per heavy atom. The van der Waals surface area contributed by atoms with E-state index in [4.69, 9.17) is 9.84 Å². The molecule has 0 unspecified atom stereocenters. The van der Waals surface area contributed by atoms with Gasteiger partial charge in [-0.3, -0.25) is 4.79 Å². The van der Waals surface area contributed by atoms with Gasteiger partial charge >= 0.3 is 5.97 Å². The standard InChI is InChI=1S/C12H20O2.C11H22O4/c1-9-7-10(13)8-11(14-9)5-6-12(2,3)4;1-11(2,3)5-4-8(12)6-9(13)7-10(14)15/h5-6,10-11,13H,1,7-8H2,2-4H3;8-9,12-13H,4-7H2,1-3H3,(H,14,15)/b6-5+;/t10-,11+;8-,9-/m01/s1. The third kappa shape index (κ3) is 17.2. The van der Waals surface area contributed by atoms with Crippen LogP contribution in [0.1, 0.15) is 80.1 Å². The van der Waals surface area contributed by atoms with Crippen LogP contribution >= 0.6 is 0 Å². The van der Waals surface area contributed by atoms with Crippen molar-refractivity contribution in [1.29, 1.82) is 0 Å². The first-order valence-corrected chi connectivity index (χ1v) is 10.4. The molecule has 1 rings (SSSR count). The molecule has 6 heteroatoms. The quantitative estimate of drug-likeness (QED) is 0.468. The van der Waals surface area contributed by atoms with Crippen LogP contribution in [0.3, 0.4) is 0 Å². The van der Waals surface area contributed by atoms with Crippen LogP contribution in [0, 0.1) is 10.8 Å². The van der Waals surface area contributed by atoms with Gasteiger partial charge in [0.2, 0.25) is 0 Å². The number of rotatable bonds is 7. The first-order chi connectivity index (χ1) is 13.1. The second-order valence-electron chi connectivity index (χ2n) is 10.3. The molecule has 0 radical (unpaired) electrons. The minimum absolute atomic E-state index is 0.00882. The van der Waals surface area contributed by atoms with Crippen LogP contribution in [-0.2, 0) is 9.53 Å². The molecule has 0 saturated carbocycles. The molecular formula is C23H42O6. The van der Waals surface area contributed by atoms with E-state index in [2.05, 4.69) is 54.2 Å². The van der Waals surface area contributed by atoms with Gasteiger partial charge in [-0.2, -0.15) is 0 Å². The van der Waals surface area contributed by atoms with Crippen molar-refractivity contribution in [2.75, 3.05) is 0 Å². The van der Waals surface area contributed by atoms with Gasteiger partial charge < -0.3 is 25.2 Å². The molecule has 6 nitrogen and oxygen atoms in total. The van der Waals surface area contributed by atoms with E-state index in [1.165, 1.54) is 0 Å². The number of carboxylic acid groups (broad SMARTS) is 1.